The number of aryl methyl sites for hydroxylation is 1. The van der Waals surface area contributed by atoms with Gasteiger partial charge in [0.2, 0.25) is 5.82 Å². The van der Waals surface area contributed by atoms with E-state index >= 15 is 0 Å². The van der Waals surface area contributed by atoms with Crippen LogP contribution in [-0.2, 0) is 6.54 Å². The summed E-state index contributed by atoms with van der Waals surface area (Å²) in [7, 11) is 0. The molecule has 0 aliphatic heterocycles. The Bertz CT molecular complexity index is 626. The zero-order valence-corrected chi connectivity index (χ0v) is 13.5. The third-order valence-corrected chi connectivity index (χ3v) is 3.73. The molecule has 1 aromatic heterocycles. The molecule has 0 saturated heterocycles. The normalized spacial score (nSPS) is 10.8. The maximum atomic E-state index is 10.8. The Labute approximate surface area is 135 Å². The highest BCUT2D eigenvalue weighted by atomic mass is 16.6. The van der Waals surface area contributed by atoms with Crippen LogP contribution in [0.5, 0.6) is 0 Å². The molecule has 7 heteroatoms. The largest absolute Gasteiger partial charge is 0.270 e. The Hall–Kier alpha value is -2.31. The number of benzene rings is 1. The van der Waals surface area contributed by atoms with Crippen LogP contribution in [0.1, 0.15) is 51.9 Å². The minimum absolute atomic E-state index is 0.0333. The van der Waals surface area contributed by atoms with Crippen molar-refractivity contribution < 1.29 is 4.92 Å². The molecular weight excluding hydrogens is 294 g/mol. The summed E-state index contributed by atoms with van der Waals surface area (Å²) < 4.78 is 0. The van der Waals surface area contributed by atoms with Gasteiger partial charge >= 0.3 is 0 Å². The van der Waals surface area contributed by atoms with Gasteiger partial charge in [0.1, 0.15) is 0 Å². The third kappa shape index (κ3) is 5.43. The van der Waals surface area contributed by atoms with E-state index in [9.17, 15) is 10.1 Å². The van der Waals surface area contributed by atoms with E-state index in [0.29, 0.717) is 11.4 Å². The minimum Gasteiger partial charge on any atom is -0.258 e. The molecule has 0 bridgehead atoms. The molecule has 0 N–H and O–H groups in total. The first-order valence-corrected chi connectivity index (χ1v) is 8.23. The van der Waals surface area contributed by atoms with Crippen molar-refractivity contribution in [3.63, 3.8) is 0 Å². The highest BCUT2D eigenvalue weighted by molar-refractivity contribution is 5.58. The molecule has 2 aromatic rings. The SMILES string of the molecule is CCCCCCCCCn1nnc(-c2cccc([N+](=O)[O-])c2)n1. The predicted octanol–water partition coefficient (Wildman–Crippen LogP) is 4.00. The van der Waals surface area contributed by atoms with Gasteiger partial charge in [-0.3, -0.25) is 10.1 Å². The Kier molecular flexibility index (Phi) is 6.65. The van der Waals surface area contributed by atoms with Gasteiger partial charge < -0.3 is 0 Å². The molecule has 0 spiro atoms. The fraction of sp³-hybridized carbons (Fsp3) is 0.562. The first kappa shape index (κ1) is 17.1. The van der Waals surface area contributed by atoms with Crippen molar-refractivity contribution in [2.45, 2.75) is 58.4 Å². The number of hydrogen-bond donors (Lipinski definition) is 0. The number of aromatic nitrogens is 4. The molecule has 23 heavy (non-hydrogen) atoms. The van der Waals surface area contributed by atoms with Crippen LogP contribution >= 0.6 is 0 Å². The lowest BCUT2D eigenvalue weighted by Crippen LogP contribution is -2.02. The second kappa shape index (κ2) is 8.97. The summed E-state index contributed by atoms with van der Waals surface area (Å²) in [5.41, 5.74) is 0.649. The van der Waals surface area contributed by atoms with Crippen LogP contribution in [-0.4, -0.2) is 25.1 Å². The van der Waals surface area contributed by atoms with Crippen LogP contribution in [0, 0.1) is 10.1 Å². The molecule has 7 nitrogen and oxygen atoms in total. The minimum atomic E-state index is -0.424. The standard InChI is InChI=1S/C16H23N5O2/c1-2-3-4-5-6-7-8-12-20-18-16(17-19-20)14-10-9-11-15(13-14)21(22)23/h9-11,13H,2-8,12H2,1H3. The van der Waals surface area contributed by atoms with Gasteiger partial charge in [-0.05, 0) is 11.6 Å². The fourth-order valence-electron chi connectivity index (χ4n) is 2.42. The van der Waals surface area contributed by atoms with Gasteiger partial charge in [0.05, 0.1) is 11.5 Å². The second-order valence-electron chi connectivity index (χ2n) is 5.64. The lowest BCUT2D eigenvalue weighted by Gasteiger charge is -2.00. The van der Waals surface area contributed by atoms with Crippen LogP contribution in [0.2, 0.25) is 0 Å². The van der Waals surface area contributed by atoms with Gasteiger partial charge in [0, 0.05) is 17.7 Å². The van der Waals surface area contributed by atoms with E-state index < -0.39 is 4.92 Å². The van der Waals surface area contributed by atoms with Crippen LogP contribution < -0.4 is 0 Å². The maximum absolute atomic E-state index is 10.8. The zero-order chi connectivity index (χ0) is 16.5. The average molecular weight is 317 g/mol. The van der Waals surface area contributed by atoms with Gasteiger partial charge in [-0.1, -0.05) is 57.6 Å². The van der Waals surface area contributed by atoms with Crippen LogP contribution in [0.15, 0.2) is 24.3 Å². The molecule has 2 rings (SSSR count). The first-order valence-electron chi connectivity index (χ1n) is 8.23. The zero-order valence-electron chi connectivity index (χ0n) is 13.5. The summed E-state index contributed by atoms with van der Waals surface area (Å²) in [6.45, 7) is 2.95. The van der Waals surface area contributed by atoms with Crippen molar-refractivity contribution in [3.8, 4) is 11.4 Å². The summed E-state index contributed by atoms with van der Waals surface area (Å²) in [6, 6.07) is 6.30. The monoisotopic (exact) mass is 317 g/mol. The summed E-state index contributed by atoms with van der Waals surface area (Å²) in [4.78, 5) is 11.9. The molecule has 0 aliphatic carbocycles. The number of hydrogen-bond acceptors (Lipinski definition) is 5. The van der Waals surface area contributed by atoms with Crippen molar-refractivity contribution in [1.29, 1.82) is 0 Å². The summed E-state index contributed by atoms with van der Waals surface area (Å²) in [5, 5.41) is 23.1. The van der Waals surface area contributed by atoms with E-state index in [1.165, 1.54) is 44.2 Å². The number of rotatable bonds is 10. The number of tetrazole rings is 1. The molecule has 124 valence electrons. The van der Waals surface area contributed by atoms with E-state index in [4.69, 9.17) is 0 Å². The van der Waals surface area contributed by atoms with Crippen molar-refractivity contribution in [2.75, 3.05) is 0 Å². The van der Waals surface area contributed by atoms with Gasteiger partial charge in [-0.15, -0.1) is 10.2 Å². The summed E-state index contributed by atoms with van der Waals surface area (Å²) in [5.74, 6) is 0.427. The summed E-state index contributed by atoms with van der Waals surface area (Å²) in [6.07, 6.45) is 8.62. The van der Waals surface area contributed by atoms with E-state index in [1.54, 1.807) is 16.9 Å². The van der Waals surface area contributed by atoms with Crippen molar-refractivity contribution in [3.05, 3.63) is 34.4 Å². The maximum Gasteiger partial charge on any atom is 0.270 e. The van der Waals surface area contributed by atoms with Crippen molar-refractivity contribution in [2.24, 2.45) is 0 Å². The van der Waals surface area contributed by atoms with Crippen molar-refractivity contribution in [1.82, 2.24) is 20.2 Å². The quantitative estimate of drug-likeness (QED) is 0.375. The van der Waals surface area contributed by atoms with Crippen LogP contribution in [0.25, 0.3) is 11.4 Å². The lowest BCUT2D eigenvalue weighted by atomic mass is 10.1. The number of nitro benzene ring substituents is 1. The first-order chi connectivity index (χ1) is 11.2. The van der Waals surface area contributed by atoms with Gasteiger partial charge in [-0.2, -0.15) is 4.80 Å². The Morgan fingerprint density at radius 2 is 1.87 bits per heavy atom. The third-order valence-electron chi connectivity index (χ3n) is 3.73. The van der Waals surface area contributed by atoms with Gasteiger partial charge in [0.15, 0.2) is 0 Å². The molecule has 0 fully saturated rings. The Balaban J connectivity index is 1.81. The molecule has 0 saturated carbocycles. The van der Waals surface area contributed by atoms with E-state index in [1.807, 2.05) is 0 Å². The van der Waals surface area contributed by atoms with E-state index in [2.05, 4.69) is 22.3 Å². The topological polar surface area (TPSA) is 86.7 Å². The fourth-order valence-corrected chi connectivity index (χ4v) is 2.42. The van der Waals surface area contributed by atoms with Crippen LogP contribution in [0.4, 0.5) is 5.69 Å². The molecule has 0 atom stereocenters. The van der Waals surface area contributed by atoms with Gasteiger partial charge in [-0.25, -0.2) is 0 Å². The smallest absolute Gasteiger partial charge is 0.258 e. The highest BCUT2D eigenvalue weighted by Gasteiger charge is 2.11. The molecule has 1 aromatic carbocycles. The van der Waals surface area contributed by atoms with E-state index in [-0.39, 0.29) is 5.69 Å². The van der Waals surface area contributed by atoms with Crippen molar-refractivity contribution >= 4 is 5.69 Å². The molecule has 0 amide bonds. The molecule has 1 heterocycles. The molecular formula is C16H23N5O2. The lowest BCUT2D eigenvalue weighted by molar-refractivity contribution is -0.384. The predicted molar refractivity (Wildman–Crippen MR) is 87.9 cm³/mol. The summed E-state index contributed by atoms with van der Waals surface area (Å²) >= 11 is 0. The highest BCUT2D eigenvalue weighted by Crippen LogP contribution is 2.20. The molecule has 0 aliphatic rings. The van der Waals surface area contributed by atoms with Crippen LogP contribution in [0.3, 0.4) is 0 Å². The van der Waals surface area contributed by atoms with Gasteiger partial charge in [0.25, 0.3) is 5.69 Å². The molecule has 0 unspecified atom stereocenters. The number of unbranched alkanes of at least 4 members (excludes halogenated alkanes) is 6. The molecule has 0 radical (unpaired) electrons. The Morgan fingerprint density at radius 3 is 2.61 bits per heavy atom. The number of nitro groups is 1. The van der Waals surface area contributed by atoms with E-state index in [0.717, 1.165) is 19.4 Å². The number of nitrogens with zero attached hydrogens (tertiary/aromatic N) is 5. The second-order valence-corrected chi connectivity index (χ2v) is 5.64. The average Bonchev–Trinajstić information content (AvgIpc) is 3.03. The number of non-ortho nitro benzene ring substituents is 1. The Morgan fingerprint density at radius 1 is 1.13 bits per heavy atom.